The van der Waals surface area contributed by atoms with E-state index >= 15 is 0 Å². The van der Waals surface area contributed by atoms with Gasteiger partial charge in [-0.2, -0.15) is 0 Å². The van der Waals surface area contributed by atoms with Crippen LogP contribution < -0.4 is 0 Å². The lowest BCUT2D eigenvalue weighted by atomic mass is 9.91. The zero-order valence-electron chi connectivity index (χ0n) is 36.0. The minimum absolute atomic E-state index is 0.0269. The fourth-order valence-corrected chi connectivity index (χ4v) is 7.61. The Morgan fingerprint density at radius 3 is 1.70 bits per heavy atom. The molecule has 6 nitrogen and oxygen atoms in total. The Morgan fingerprint density at radius 1 is 0.593 bits per heavy atom. The van der Waals surface area contributed by atoms with E-state index in [1.807, 2.05) is 0 Å². The predicted molar refractivity (Wildman–Crippen MR) is 230 cm³/mol. The average molecular weight is 760 g/mol. The highest BCUT2D eigenvalue weighted by atomic mass is 16.5. The molecule has 6 heteroatoms. The fourth-order valence-electron chi connectivity index (χ4n) is 7.61. The van der Waals surface area contributed by atoms with Crippen LogP contribution in [-0.4, -0.2) is 60.9 Å². The molecule has 0 spiro atoms. The third-order valence-electron chi connectivity index (χ3n) is 11.5. The second kappa shape index (κ2) is 38.2. The maximum atomic E-state index is 13.2. The van der Waals surface area contributed by atoms with Crippen LogP contribution in [0.25, 0.3) is 0 Å². The second-order valence-corrected chi connectivity index (χ2v) is 16.5. The van der Waals surface area contributed by atoms with E-state index in [0.29, 0.717) is 38.0 Å². The molecule has 0 aromatic heterocycles. The first-order chi connectivity index (χ1) is 26.5. The summed E-state index contributed by atoms with van der Waals surface area (Å²) < 4.78 is 11.7. The van der Waals surface area contributed by atoms with Gasteiger partial charge in [0, 0.05) is 31.3 Å². The van der Waals surface area contributed by atoms with Gasteiger partial charge in [-0.1, -0.05) is 154 Å². The van der Waals surface area contributed by atoms with Crippen molar-refractivity contribution in [2.24, 2.45) is 11.8 Å². The lowest BCUT2D eigenvalue weighted by Gasteiger charge is -2.37. The molecule has 1 aliphatic rings. The number of aliphatic hydroxyl groups is 1. The summed E-state index contributed by atoms with van der Waals surface area (Å²) in [6.45, 7) is 9.35. The maximum Gasteiger partial charge on any atom is 0.306 e. The summed E-state index contributed by atoms with van der Waals surface area (Å²) in [5, 5.41) is 9.56. The molecule has 1 fully saturated rings. The Labute approximate surface area is 335 Å². The zero-order valence-corrected chi connectivity index (χ0v) is 36.0. The molecule has 0 aliphatic heterocycles. The topological polar surface area (TPSA) is 76.1 Å². The summed E-state index contributed by atoms with van der Waals surface area (Å²) in [5.41, 5.74) is 0. The third kappa shape index (κ3) is 30.5. The molecular weight excluding hydrogens is 671 g/mol. The van der Waals surface area contributed by atoms with Crippen molar-refractivity contribution < 1.29 is 24.2 Å². The predicted octanol–water partition coefficient (Wildman–Crippen LogP) is 13.2. The van der Waals surface area contributed by atoms with Gasteiger partial charge in [0.15, 0.2) is 0 Å². The van der Waals surface area contributed by atoms with Gasteiger partial charge < -0.3 is 14.6 Å². The second-order valence-electron chi connectivity index (χ2n) is 16.5. The Kier molecular flexibility index (Phi) is 35.6. The molecule has 1 rings (SSSR count). The molecular formula is C48H89NO5. The molecule has 0 radical (unpaired) electrons. The molecule has 1 saturated carbocycles. The number of unbranched alkanes of at least 4 members (excludes halogenated alkanes) is 17. The normalized spacial score (nSPS) is 14.6. The Bertz CT molecular complexity index is 900. The van der Waals surface area contributed by atoms with E-state index in [2.05, 4.69) is 50.0 Å². The third-order valence-corrected chi connectivity index (χ3v) is 11.5. The van der Waals surface area contributed by atoms with Crippen molar-refractivity contribution in [3.8, 4) is 0 Å². The van der Waals surface area contributed by atoms with Crippen LogP contribution in [0.5, 0.6) is 0 Å². The molecule has 316 valence electrons. The molecule has 0 heterocycles. The number of allylic oxidation sites excluding steroid dienone is 4. The first-order valence-corrected chi connectivity index (χ1v) is 23.5. The summed E-state index contributed by atoms with van der Waals surface area (Å²) in [7, 11) is 0. The smallest absolute Gasteiger partial charge is 0.306 e. The minimum Gasteiger partial charge on any atom is -0.465 e. The molecule has 0 aromatic rings. The van der Waals surface area contributed by atoms with Crippen molar-refractivity contribution in [2.45, 2.75) is 226 Å². The first-order valence-electron chi connectivity index (χ1n) is 23.5. The van der Waals surface area contributed by atoms with Crippen molar-refractivity contribution >= 4 is 11.9 Å². The van der Waals surface area contributed by atoms with Gasteiger partial charge in [-0.05, 0) is 89.5 Å². The van der Waals surface area contributed by atoms with E-state index in [4.69, 9.17) is 9.47 Å². The maximum absolute atomic E-state index is 13.2. The number of esters is 2. The van der Waals surface area contributed by atoms with Crippen LogP contribution in [0.15, 0.2) is 24.3 Å². The van der Waals surface area contributed by atoms with Gasteiger partial charge in [-0.3, -0.25) is 14.5 Å². The quantitative estimate of drug-likeness (QED) is 0.0381. The van der Waals surface area contributed by atoms with E-state index in [0.717, 1.165) is 77.3 Å². The monoisotopic (exact) mass is 760 g/mol. The van der Waals surface area contributed by atoms with Gasteiger partial charge in [-0.15, -0.1) is 0 Å². The summed E-state index contributed by atoms with van der Waals surface area (Å²) >= 11 is 0. The first kappa shape index (κ1) is 50.4. The SMILES string of the molecule is CCCCC/C=C\C/C=C\CCCCCCCC(=O)OCC(CCCCN(CCO)C1CCC1)COC(=O)CC(CCCCCC)CCCCCCCC. The van der Waals surface area contributed by atoms with E-state index < -0.39 is 0 Å². The Hall–Kier alpha value is -1.66. The number of nitrogens with zero attached hydrogens (tertiary/aromatic N) is 1. The number of rotatable bonds is 40. The van der Waals surface area contributed by atoms with Crippen LogP contribution in [0.1, 0.15) is 220 Å². The summed E-state index contributed by atoms with van der Waals surface area (Å²) in [5.74, 6) is 0.230. The number of hydrogen-bond donors (Lipinski definition) is 1. The van der Waals surface area contributed by atoms with Gasteiger partial charge >= 0.3 is 11.9 Å². The van der Waals surface area contributed by atoms with Gasteiger partial charge in [0.2, 0.25) is 0 Å². The van der Waals surface area contributed by atoms with Gasteiger partial charge in [0.25, 0.3) is 0 Å². The van der Waals surface area contributed by atoms with Crippen LogP contribution in [-0.2, 0) is 19.1 Å². The molecule has 0 saturated heterocycles. The Balaban J connectivity index is 2.47. The Morgan fingerprint density at radius 2 is 1.09 bits per heavy atom. The van der Waals surface area contributed by atoms with E-state index in [-0.39, 0.29) is 24.5 Å². The number of carbonyl (C=O) groups excluding carboxylic acids is 2. The van der Waals surface area contributed by atoms with Crippen molar-refractivity contribution in [3.63, 3.8) is 0 Å². The largest absolute Gasteiger partial charge is 0.465 e. The van der Waals surface area contributed by atoms with Crippen molar-refractivity contribution in [3.05, 3.63) is 24.3 Å². The number of carbonyl (C=O) groups is 2. The molecule has 2 atom stereocenters. The highest BCUT2D eigenvalue weighted by Crippen LogP contribution is 2.26. The highest BCUT2D eigenvalue weighted by Gasteiger charge is 2.24. The van der Waals surface area contributed by atoms with E-state index in [1.165, 1.54) is 122 Å². The van der Waals surface area contributed by atoms with Crippen molar-refractivity contribution in [1.29, 1.82) is 0 Å². The van der Waals surface area contributed by atoms with Crippen molar-refractivity contribution in [2.75, 3.05) is 32.9 Å². The number of ether oxygens (including phenoxy) is 2. The summed E-state index contributed by atoms with van der Waals surface area (Å²) in [6, 6.07) is 0.621. The summed E-state index contributed by atoms with van der Waals surface area (Å²) in [6.07, 6.45) is 44.5. The van der Waals surface area contributed by atoms with E-state index in [9.17, 15) is 14.7 Å². The van der Waals surface area contributed by atoms with Crippen LogP contribution in [0.4, 0.5) is 0 Å². The summed E-state index contributed by atoms with van der Waals surface area (Å²) in [4.78, 5) is 28.3. The molecule has 0 bridgehead atoms. The van der Waals surface area contributed by atoms with Crippen LogP contribution in [0.2, 0.25) is 0 Å². The van der Waals surface area contributed by atoms with Gasteiger partial charge in [0.05, 0.1) is 19.8 Å². The van der Waals surface area contributed by atoms with Crippen LogP contribution >= 0.6 is 0 Å². The van der Waals surface area contributed by atoms with E-state index in [1.54, 1.807) is 0 Å². The molecule has 0 aromatic carbocycles. The average Bonchev–Trinajstić information content (AvgIpc) is 3.14. The van der Waals surface area contributed by atoms with Crippen LogP contribution in [0, 0.1) is 11.8 Å². The molecule has 0 amide bonds. The molecule has 1 N–H and O–H groups in total. The molecule has 1 aliphatic carbocycles. The lowest BCUT2D eigenvalue weighted by Crippen LogP contribution is -2.42. The fraction of sp³-hybridized carbons (Fsp3) is 0.875. The van der Waals surface area contributed by atoms with Gasteiger partial charge in [-0.25, -0.2) is 0 Å². The highest BCUT2D eigenvalue weighted by molar-refractivity contribution is 5.70. The lowest BCUT2D eigenvalue weighted by molar-refractivity contribution is -0.150. The number of aliphatic hydroxyl groups excluding tert-OH is 1. The minimum atomic E-state index is -0.123. The molecule has 54 heavy (non-hydrogen) atoms. The van der Waals surface area contributed by atoms with Crippen molar-refractivity contribution in [1.82, 2.24) is 4.90 Å². The van der Waals surface area contributed by atoms with Crippen LogP contribution in [0.3, 0.4) is 0 Å². The zero-order chi connectivity index (χ0) is 39.2. The number of hydrogen-bond acceptors (Lipinski definition) is 6. The standard InChI is InChI=1S/C48H89NO5/c1-4-7-10-13-15-16-17-18-19-20-21-22-23-25-28-37-47(51)53-42-45(34-29-30-38-49(39-40-50)46-35-31-36-46)43-54-48(52)41-44(32-26-12-9-6-3)33-27-24-14-11-8-5-2/h15-16,18-19,44-46,50H,4-14,17,20-43H2,1-3H3/b16-15-,19-18-. The van der Waals surface area contributed by atoms with Gasteiger partial charge in [0.1, 0.15) is 0 Å². The molecule has 2 unspecified atom stereocenters.